The van der Waals surface area contributed by atoms with Crippen molar-refractivity contribution in [1.29, 1.82) is 0 Å². The molecule has 2 aliphatic rings. The number of piperidine rings is 1. The summed E-state index contributed by atoms with van der Waals surface area (Å²) in [6.07, 6.45) is 1.77. The molecular formula is C14H21N3O3. The van der Waals surface area contributed by atoms with Crippen LogP contribution in [0, 0.1) is 5.92 Å². The van der Waals surface area contributed by atoms with Crippen LogP contribution in [0.15, 0.2) is 11.3 Å². The van der Waals surface area contributed by atoms with Crippen LogP contribution in [0.3, 0.4) is 0 Å². The maximum Gasteiger partial charge on any atom is 0.257 e. The van der Waals surface area contributed by atoms with Crippen molar-refractivity contribution in [1.82, 2.24) is 10.2 Å². The Morgan fingerprint density at radius 3 is 2.75 bits per heavy atom. The maximum atomic E-state index is 12.3. The number of carbonyl (C=O) groups excluding carboxylic acids is 3. The first-order valence-corrected chi connectivity index (χ1v) is 7.03. The van der Waals surface area contributed by atoms with E-state index in [2.05, 4.69) is 5.32 Å². The van der Waals surface area contributed by atoms with E-state index in [0.717, 1.165) is 6.42 Å². The monoisotopic (exact) mass is 279 g/mol. The van der Waals surface area contributed by atoms with E-state index in [9.17, 15) is 14.4 Å². The van der Waals surface area contributed by atoms with Gasteiger partial charge in [0.25, 0.3) is 5.91 Å². The third kappa shape index (κ3) is 2.47. The van der Waals surface area contributed by atoms with E-state index in [-0.39, 0.29) is 35.1 Å². The lowest BCUT2D eigenvalue weighted by molar-refractivity contribution is -0.130. The molecule has 0 bridgehead atoms. The zero-order valence-corrected chi connectivity index (χ0v) is 11.9. The van der Waals surface area contributed by atoms with Gasteiger partial charge >= 0.3 is 0 Å². The highest BCUT2D eigenvalue weighted by Gasteiger charge is 2.43. The molecule has 0 aromatic heterocycles. The van der Waals surface area contributed by atoms with E-state index in [1.54, 1.807) is 4.90 Å². The first kappa shape index (κ1) is 14.7. The zero-order chi connectivity index (χ0) is 14.9. The van der Waals surface area contributed by atoms with Crippen molar-refractivity contribution >= 4 is 17.6 Å². The van der Waals surface area contributed by atoms with Crippen LogP contribution < -0.4 is 11.1 Å². The SMILES string of the molecule is CC(=O)C1=C2[C@H](NC1=O)[C@@H](C)CCN2C(=O)CCCN. The normalized spacial score (nSPS) is 25.6. The van der Waals surface area contributed by atoms with E-state index in [1.807, 2.05) is 6.92 Å². The molecule has 2 heterocycles. The van der Waals surface area contributed by atoms with Gasteiger partial charge in [-0.3, -0.25) is 14.4 Å². The molecule has 110 valence electrons. The van der Waals surface area contributed by atoms with E-state index in [4.69, 9.17) is 5.73 Å². The van der Waals surface area contributed by atoms with Crippen LogP contribution in [-0.4, -0.2) is 41.6 Å². The number of hydrogen-bond donors (Lipinski definition) is 2. The fraction of sp³-hybridized carbons (Fsp3) is 0.643. The van der Waals surface area contributed by atoms with Crippen molar-refractivity contribution in [3.05, 3.63) is 11.3 Å². The zero-order valence-electron chi connectivity index (χ0n) is 11.9. The summed E-state index contributed by atoms with van der Waals surface area (Å²) in [5, 5.41) is 2.83. The van der Waals surface area contributed by atoms with Gasteiger partial charge in [0.15, 0.2) is 5.78 Å². The van der Waals surface area contributed by atoms with Crippen molar-refractivity contribution in [3.8, 4) is 0 Å². The van der Waals surface area contributed by atoms with E-state index < -0.39 is 0 Å². The highest BCUT2D eigenvalue weighted by Crippen LogP contribution is 2.33. The Labute approximate surface area is 118 Å². The first-order chi connectivity index (χ1) is 9.47. The number of fused-ring (bicyclic) bond motifs is 1. The Kier molecular flexibility index (Phi) is 4.23. The molecule has 2 atom stereocenters. The van der Waals surface area contributed by atoms with E-state index >= 15 is 0 Å². The largest absolute Gasteiger partial charge is 0.343 e. The van der Waals surface area contributed by atoms with Gasteiger partial charge in [0.2, 0.25) is 5.91 Å². The minimum atomic E-state index is -0.358. The number of amides is 2. The van der Waals surface area contributed by atoms with Gasteiger partial charge in [0.05, 0.1) is 11.7 Å². The second-order valence-corrected chi connectivity index (χ2v) is 5.47. The molecule has 0 spiro atoms. The van der Waals surface area contributed by atoms with E-state index in [0.29, 0.717) is 31.6 Å². The summed E-state index contributed by atoms with van der Waals surface area (Å²) in [5.41, 5.74) is 6.14. The van der Waals surface area contributed by atoms with Gasteiger partial charge in [0.1, 0.15) is 5.57 Å². The molecule has 0 radical (unpaired) electrons. The van der Waals surface area contributed by atoms with Gasteiger partial charge < -0.3 is 16.0 Å². The van der Waals surface area contributed by atoms with Crippen LogP contribution in [0.4, 0.5) is 0 Å². The number of ketones is 1. The highest BCUT2D eigenvalue weighted by atomic mass is 16.2. The van der Waals surface area contributed by atoms with Gasteiger partial charge in [-0.2, -0.15) is 0 Å². The smallest absolute Gasteiger partial charge is 0.257 e. The lowest BCUT2D eigenvalue weighted by Gasteiger charge is -2.37. The van der Waals surface area contributed by atoms with Crippen molar-refractivity contribution in [3.63, 3.8) is 0 Å². The standard InChI is InChI=1S/C14H21N3O3/c1-8-5-7-17(10(19)4-3-6-15)13-11(9(2)18)14(20)16-12(8)13/h8,12H,3-7,15H2,1-2H3,(H,16,20)/t8-,12+/m0/s1. The van der Waals surface area contributed by atoms with Crippen molar-refractivity contribution in [2.75, 3.05) is 13.1 Å². The van der Waals surface area contributed by atoms with Gasteiger partial charge in [0, 0.05) is 13.0 Å². The Balaban J connectivity index is 2.35. The molecule has 0 aliphatic carbocycles. The maximum absolute atomic E-state index is 12.3. The molecule has 1 fully saturated rings. The molecule has 0 aromatic rings. The number of nitrogens with two attached hydrogens (primary N) is 1. The quantitative estimate of drug-likeness (QED) is 0.705. The summed E-state index contributed by atoms with van der Waals surface area (Å²) < 4.78 is 0. The van der Waals surface area contributed by atoms with Crippen LogP contribution in [-0.2, 0) is 14.4 Å². The molecule has 6 nitrogen and oxygen atoms in total. The summed E-state index contributed by atoms with van der Waals surface area (Å²) in [6, 6.07) is -0.225. The summed E-state index contributed by atoms with van der Waals surface area (Å²) in [5.74, 6) is -0.476. The van der Waals surface area contributed by atoms with Crippen LogP contribution in [0.25, 0.3) is 0 Å². The van der Waals surface area contributed by atoms with Crippen LogP contribution in [0.5, 0.6) is 0 Å². The predicted octanol–water partition coefficient (Wildman–Crippen LogP) is -0.0648. The number of likely N-dealkylation sites (tertiary alicyclic amines) is 1. The third-order valence-electron chi connectivity index (χ3n) is 3.98. The molecule has 0 saturated carbocycles. The third-order valence-corrected chi connectivity index (χ3v) is 3.98. The average Bonchev–Trinajstić information content (AvgIpc) is 2.74. The molecule has 0 aromatic carbocycles. The fourth-order valence-electron chi connectivity index (χ4n) is 2.88. The van der Waals surface area contributed by atoms with Gasteiger partial charge in [-0.1, -0.05) is 6.92 Å². The molecular weight excluding hydrogens is 258 g/mol. The lowest BCUT2D eigenvalue weighted by Crippen LogP contribution is -2.47. The number of nitrogens with zero attached hydrogens (tertiary/aromatic N) is 1. The van der Waals surface area contributed by atoms with Crippen LogP contribution in [0.1, 0.15) is 33.1 Å². The van der Waals surface area contributed by atoms with Gasteiger partial charge in [-0.05, 0) is 32.2 Å². The minimum absolute atomic E-state index is 0.0578. The molecule has 3 N–H and O–H groups in total. The van der Waals surface area contributed by atoms with Crippen LogP contribution in [0.2, 0.25) is 0 Å². The molecule has 6 heteroatoms. The lowest BCUT2D eigenvalue weighted by atomic mass is 9.89. The molecule has 2 rings (SSSR count). The van der Waals surface area contributed by atoms with E-state index in [1.165, 1.54) is 6.92 Å². The van der Waals surface area contributed by atoms with Gasteiger partial charge in [-0.25, -0.2) is 0 Å². The second kappa shape index (κ2) is 5.75. The predicted molar refractivity (Wildman–Crippen MR) is 73.4 cm³/mol. The molecule has 2 aliphatic heterocycles. The summed E-state index contributed by atoms with van der Waals surface area (Å²) >= 11 is 0. The van der Waals surface area contributed by atoms with Crippen molar-refractivity contribution in [2.45, 2.75) is 39.2 Å². The Hall–Kier alpha value is -1.69. The fourth-order valence-corrected chi connectivity index (χ4v) is 2.88. The average molecular weight is 279 g/mol. The van der Waals surface area contributed by atoms with Crippen molar-refractivity contribution in [2.24, 2.45) is 11.7 Å². The Morgan fingerprint density at radius 1 is 1.45 bits per heavy atom. The Bertz CT molecular complexity index is 484. The number of nitrogens with one attached hydrogen (secondary N) is 1. The van der Waals surface area contributed by atoms with Gasteiger partial charge in [-0.15, -0.1) is 0 Å². The number of hydrogen-bond acceptors (Lipinski definition) is 4. The minimum Gasteiger partial charge on any atom is -0.343 e. The molecule has 20 heavy (non-hydrogen) atoms. The summed E-state index contributed by atoms with van der Waals surface area (Å²) in [4.78, 5) is 37.6. The summed E-state index contributed by atoms with van der Waals surface area (Å²) in [6.45, 7) is 4.40. The first-order valence-electron chi connectivity index (χ1n) is 7.03. The molecule has 2 amide bonds. The number of rotatable bonds is 4. The molecule has 0 unspecified atom stereocenters. The number of carbonyl (C=O) groups is 3. The Morgan fingerprint density at radius 2 is 2.15 bits per heavy atom. The van der Waals surface area contributed by atoms with Crippen LogP contribution >= 0.6 is 0 Å². The summed E-state index contributed by atoms with van der Waals surface area (Å²) in [7, 11) is 0. The topological polar surface area (TPSA) is 92.5 Å². The highest BCUT2D eigenvalue weighted by molar-refractivity contribution is 6.21. The number of Topliss-reactive ketones (excluding diaryl/α,β-unsaturated/α-hetero) is 1. The molecule has 1 saturated heterocycles. The second-order valence-electron chi connectivity index (χ2n) is 5.47. The van der Waals surface area contributed by atoms with Crippen molar-refractivity contribution < 1.29 is 14.4 Å².